The Labute approximate surface area is 162 Å². The second-order valence-electron chi connectivity index (χ2n) is 6.42. The predicted molar refractivity (Wildman–Crippen MR) is 106 cm³/mol. The molecule has 2 amide bonds. The summed E-state index contributed by atoms with van der Waals surface area (Å²) < 4.78 is 13.7. The monoisotopic (exact) mass is 377 g/mol. The molecule has 2 N–H and O–H groups in total. The maximum Gasteiger partial charge on any atom is 0.270 e. The molecule has 0 fully saturated rings. The van der Waals surface area contributed by atoms with Crippen molar-refractivity contribution in [2.75, 3.05) is 5.32 Å². The highest BCUT2D eigenvalue weighted by atomic mass is 19.1. The summed E-state index contributed by atoms with van der Waals surface area (Å²) in [5.74, 6) is -1.20. The lowest BCUT2D eigenvalue weighted by atomic mass is 10.1. The third-order valence-electron chi connectivity index (χ3n) is 4.37. The molecule has 0 aliphatic rings. The first-order chi connectivity index (χ1) is 13.5. The summed E-state index contributed by atoms with van der Waals surface area (Å²) in [5, 5.41) is 5.50. The van der Waals surface area contributed by atoms with E-state index < -0.39 is 11.7 Å². The highest BCUT2D eigenvalue weighted by Gasteiger charge is 2.14. The summed E-state index contributed by atoms with van der Waals surface area (Å²) in [6, 6.07) is 14.9. The smallest absolute Gasteiger partial charge is 0.270 e. The van der Waals surface area contributed by atoms with Gasteiger partial charge in [-0.05, 0) is 43.2 Å². The van der Waals surface area contributed by atoms with Crippen molar-refractivity contribution in [3.63, 3.8) is 0 Å². The van der Waals surface area contributed by atoms with Crippen molar-refractivity contribution in [3.05, 3.63) is 94.6 Å². The molecule has 0 aliphatic carbocycles. The number of benzene rings is 2. The number of rotatable bonds is 5. The topological polar surface area (TPSA) is 71.1 Å². The standard InChI is InChI=1S/C22H20FN3O2/c1-14-6-5-7-15(2)20(14)26-21(27)16-10-11-24-19(12-16)22(28)25-13-17-8-3-4-9-18(17)23/h3-12H,13H2,1-2H3,(H,25,28)(H,26,27). The molecule has 0 spiro atoms. The fourth-order valence-corrected chi connectivity index (χ4v) is 2.80. The molecule has 2 aromatic carbocycles. The number of para-hydroxylation sites is 1. The molecule has 1 heterocycles. The van der Waals surface area contributed by atoms with Crippen molar-refractivity contribution in [2.24, 2.45) is 0 Å². The summed E-state index contributed by atoms with van der Waals surface area (Å²) in [5.41, 5.74) is 3.42. The zero-order valence-electron chi connectivity index (χ0n) is 15.6. The minimum Gasteiger partial charge on any atom is -0.347 e. The van der Waals surface area contributed by atoms with Crippen LogP contribution in [0.4, 0.5) is 10.1 Å². The summed E-state index contributed by atoms with van der Waals surface area (Å²) in [4.78, 5) is 29.0. The number of hydrogen-bond acceptors (Lipinski definition) is 3. The third-order valence-corrected chi connectivity index (χ3v) is 4.37. The van der Waals surface area contributed by atoms with Crippen molar-refractivity contribution in [3.8, 4) is 0 Å². The number of carbonyl (C=O) groups is 2. The predicted octanol–water partition coefficient (Wildman–Crippen LogP) is 4.02. The minimum atomic E-state index is -0.482. The van der Waals surface area contributed by atoms with Crippen molar-refractivity contribution in [2.45, 2.75) is 20.4 Å². The Balaban J connectivity index is 1.72. The van der Waals surface area contributed by atoms with E-state index in [9.17, 15) is 14.0 Å². The van der Waals surface area contributed by atoms with E-state index in [2.05, 4.69) is 15.6 Å². The SMILES string of the molecule is Cc1cccc(C)c1NC(=O)c1ccnc(C(=O)NCc2ccccc2F)c1. The van der Waals surface area contributed by atoms with Gasteiger partial charge in [-0.3, -0.25) is 14.6 Å². The number of aromatic nitrogens is 1. The number of carbonyl (C=O) groups excluding carboxylic acids is 2. The lowest BCUT2D eigenvalue weighted by Crippen LogP contribution is -2.25. The Hall–Kier alpha value is -3.54. The van der Waals surface area contributed by atoms with Crippen LogP contribution in [0.2, 0.25) is 0 Å². The van der Waals surface area contributed by atoms with Gasteiger partial charge in [0.05, 0.1) is 0 Å². The molecule has 0 bridgehead atoms. The number of nitrogens with zero attached hydrogens (tertiary/aromatic N) is 1. The van der Waals surface area contributed by atoms with Crippen LogP contribution in [0, 0.1) is 19.7 Å². The van der Waals surface area contributed by atoms with Crippen molar-refractivity contribution in [1.29, 1.82) is 0 Å². The average molecular weight is 377 g/mol. The van der Waals surface area contributed by atoms with Crippen molar-refractivity contribution >= 4 is 17.5 Å². The number of pyridine rings is 1. The van der Waals surface area contributed by atoms with Crippen LogP contribution in [0.15, 0.2) is 60.8 Å². The Morgan fingerprint density at radius 2 is 1.68 bits per heavy atom. The minimum absolute atomic E-state index is 0.0337. The second-order valence-corrected chi connectivity index (χ2v) is 6.42. The Kier molecular flexibility index (Phi) is 5.79. The highest BCUT2D eigenvalue weighted by molar-refractivity contribution is 6.06. The molecule has 0 atom stereocenters. The van der Waals surface area contributed by atoms with Gasteiger partial charge in [0.1, 0.15) is 11.5 Å². The Morgan fingerprint density at radius 1 is 0.964 bits per heavy atom. The number of halogens is 1. The quantitative estimate of drug-likeness (QED) is 0.705. The molecule has 28 heavy (non-hydrogen) atoms. The first-order valence-corrected chi connectivity index (χ1v) is 8.81. The highest BCUT2D eigenvalue weighted by Crippen LogP contribution is 2.20. The maximum absolute atomic E-state index is 13.7. The van der Waals surface area contributed by atoms with Crippen LogP contribution in [0.25, 0.3) is 0 Å². The van der Waals surface area contributed by atoms with E-state index in [1.807, 2.05) is 32.0 Å². The van der Waals surface area contributed by atoms with Gasteiger partial charge in [0, 0.05) is 29.6 Å². The number of anilines is 1. The third kappa shape index (κ3) is 4.40. The average Bonchev–Trinajstić information content (AvgIpc) is 2.70. The van der Waals surface area contributed by atoms with Gasteiger partial charge in [-0.15, -0.1) is 0 Å². The maximum atomic E-state index is 13.7. The van der Waals surface area contributed by atoms with Gasteiger partial charge >= 0.3 is 0 Å². The number of nitrogens with one attached hydrogen (secondary N) is 2. The zero-order chi connectivity index (χ0) is 20.1. The van der Waals surface area contributed by atoms with Crippen LogP contribution >= 0.6 is 0 Å². The van der Waals surface area contributed by atoms with Gasteiger partial charge in [-0.2, -0.15) is 0 Å². The molecule has 142 valence electrons. The van der Waals surface area contributed by atoms with Gasteiger partial charge in [-0.25, -0.2) is 4.39 Å². The zero-order valence-corrected chi connectivity index (χ0v) is 15.6. The molecule has 0 saturated carbocycles. The number of amides is 2. The first-order valence-electron chi connectivity index (χ1n) is 8.81. The van der Waals surface area contributed by atoms with E-state index >= 15 is 0 Å². The molecular formula is C22H20FN3O2. The van der Waals surface area contributed by atoms with Gasteiger partial charge < -0.3 is 10.6 Å². The molecule has 1 aromatic heterocycles. The molecule has 0 unspecified atom stereocenters. The molecule has 3 aromatic rings. The molecule has 6 heteroatoms. The van der Waals surface area contributed by atoms with Gasteiger partial charge in [0.2, 0.25) is 0 Å². The fourth-order valence-electron chi connectivity index (χ4n) is 2.80. The summed E-state index contributed by atoms with van der Waals surface area (Å²) in [6.07, 6.45) is 1.40. The second kappa shape index (κ2) is 8.43. The number of aryl methyl sites for hydroxylation is 2. The Morgan fingerprint density at radius 3 is 2.39 bits per heavy atom. The molecular weight excluding hydrogens is 357 g/mol. The van der Waals surface area contributed by atoms with E-state index in [-0.39, 0.29) is 18.1 Å². The molecule has 5 nitrogen and oxygen atoms in total. The molecule has 0 saturated heterocycles. The normalized spacial score (nSPS) is 10.4. The van der Waals surface area contributed by atoms with Crippen LogP contribution in [0.1, 0.15) is 37.5 Å². The lowest BCUT2D eigenvalue weighted by molar-refractivity contribution is 0.0945. The van der Waals surface area contributed by atoms with Crippen molar-refractivity contribution in [1.82, 2.24) is 10.3 Å². The fraction of sp³-hybridized carbons (Fsp3) is 0.136. The lowest BCUT2D eigenvalue weighted by Gasteiger charge is -2.12. The van der Waals surface area contributed by atoms with E-state index in [0.717, 1.165) is 16.8 Å². The van der Waals surface area contributed by atoms with E-state index in [1.54, 1.807) is 18.2 Å². The summed E-state index contributed by atoms with van der Waals surface area (Å²) >= 11 is 0. The van der Waals surface area contributed by atoms with Crippen LogP contribution in [0.3, 0.4) is 0 Å². The van der Waals surface area contributed by atoms with E-state index in [0.29, 0.717) is 11.1 Å². The van der Waals surface area contributed by atoms with Crippen LogP contribution < -0.4 is 10.6 Å². The van der Waals surface area contributed by atoms with E-state index in [1.165, 1.54) is 24.4 Å². The number of hydrogen-bond donors (Lipinski definition) is 2. The van der Waals surface area contributed by atoms with Crippen LogP contribution in [-0.4, -0.2) is 16.8 Å². The van der Waals surface area contributed by atoms with Gasteiger partial charge in [0.25, 0.3) is 11.8 Å². The van der Waals surface area contributed by atoms with Gasteiger partial charge in [-0.1, -0.05) is 36.4 Å². The Bertz CT molecular complexity index is 1010. The first kappa shape index (κ1) is 19.2. The van der Waals surface area contributed by atoms with E-state index in [4.69, 9.17) is 0 Å². The molecule has 0 aliphatic heterocycles. The summed E-state index contributed by atoms with van der Waals surface area (Å²) in [7, 11) is 0. The molecule has 3 rings (SSSR count). The van der Waals surface area contributed by atoms with Gasteiger partial charge in [0.15, 0.2) is 0 Å². The largest absolute Gasteiger partial charge is 0.347 e. The van der Waals surface area contributed by atoms with Crippen molar-refractivity contribution < 1.29 is 14.0 Å². The molecule has 0 radical (unpaired) electrons. The summed E-state index contributed by atoms with van der Waals surface area (Å²) in [6.45, 7) is 3.86. The van der Waals surface area contributed by atoms with Crippen LogP contribution in [-0.2, 0) is 6.54 Å². The van der Waals surface area contributed by atoms with Crippen LogP contribution in [0.5, 0.6) is 0 Å².